The first-order valence-electron chi connectivity index (χ1n) is 3.68. The van der Waals surface area contributed by atoms with Crippen molar-refractivity contribution in [3.8, 4) is 0 Å². The van der Waals surface area contributed by atoms with E-state index in [2.05, 4.69) is 21.6 Å². The van der Waals surface area contributed by atoms with E-state index in [1.807, 2.05) is 6.92 Å². The number of imidazole rings is 1. The van der Waals surface area contributed by atoms with Crippen LogP contribution < -0.4 is 4.72 Å². The van der Waals surface area contributed by atoms with Crippen LogP contribution in [-0.2, 0) is 5.75 Å². The van der Waals surface area contributed by atoms with Gasteiger partial charge in [0.25, 0.3) is 0 Å². The van der Waals surface area contributed by atoms with Crippen LogP contribution in [0.25, 0.3) is 0 Å². The molecule has 1 heterocycles. The molecule has 0 bridgehead atoms. The van der Waals surface area contributed by atoms with E-state index < -0.39 is 0 Å². The molecular formula is C7H13N3S. The molecule has 0 aromatic carbocycles. The number of aromatic amines is 1. The molecular weight excluding hydrogens is 158 g/mol. The molecule has 62 valence electrons. The fourth-order valence-corrected chi connectivity index (χ4v) is 1.49. The molecule has 0 atom stereocenters. The van der Waals surface area contributed by atoms with Crippen molar-refractivity contribution in [2.75, 3.05) is 6.54 Å². The zero-order chi connectivity index (χ0) is 8.10. The summed E-state index contributed by atoms with van der Waals surface area (Å²) in [5.41, 5.74) is 2.30. The first-order valence-corrected chi connectivity index (χ1v) is 4.66. The van der Waals surface area contributed by atoms with Gasteiger partial charge in [0.1, 0.15) is 0 Å². The highest BCUT2D eigenvalue weighted by Crippen LogP contribution is 2.08. The first kappa shape index (κ1) is 8.62. The number of hydrogen-bond donors (Lipinski definition) is 2. The van der Waals surface area contributed by atoms with Crippen LogP contribution in [0.5, 0.6) is 0 Å². The number of hydrogen-bond acceptors (Lipinski definition) is 3. The number of nitrogens with one attached hydrogen (secondary N) is 2. The summed E-state index contributed by atoms with van der Waals surface area (Å²) in [6.45, 7) is 5.12. The van der Waals surface area contributed by atoms with Gasteiger partial charge in [0.2, 0.25) is 0 Å². The van der Waals surface area contributed by atoms with Gasteiger partial charge in [-0.05, 0) is 6.92 Å². The molecule has 3 nitrogen and oxygen atoms in total. The Balaban J connectivity index is 2.32. The molecule has 0 fully saturated rings. The maximum absolute atomic E-state index is 4.17. The van der Waals surface area contributed by atoms with E-state index in [1.165, 1.54) is 0 Å². The molecule has 0 aliphatic heterocycles. The molecule has 1 rings (SSSR count). The number of H-pyrrole nitrogens is 1. The molecule has 11 heavy (non-hydrogen) atoms. The van der Waals surface area contributed by atoms with Gasteiger partial charge < -0.3 is 4.98 Å². The van der Waals surface area contributed by atoms with E-state index >= 15 is 0 Å². The van der Waals surface area contributed by atoms with E-state index in [1.54, 1.807) is 18.3 Å². The summed E-state index contributed by atoms with van der Waals surface area (Å²) in [6, 6.07) is 0. The normalized spacial score (nSPS) is 10.4. The monoisotopic (exact) mass is 171 g/mol. The van der Waals surface area contributed by atoms with E-state index in [9.17, 15) is 0 Å². The van der Waals surface area contributed by atoms with E-state index in [-0.39, 0.29) is 0 Å². The summed E-state index contributed by atoms with van der Waals surface area (Å²) in [5, 5.41) is 0. The summed E-state index contributed by atoms with van der Waals surface area (Å²) in [5.74, 6) is 0.934. The number of nitrogens with zero attached hydrogens (tertiary/aromatic N) is 1. The van der Waals surface area contributed by atoms with Crippen molar-refractivity contribution in [3.63, 3.8) is 0 Å². The Kier molecular flexibility index (Phi) is 3.45. The highest BCUT2D eigenvalue weighted by molar-refractivity contribution is 7.96. The van der Waals surface area contributed by atoms with Crippen molar-refractivity contribution in [1.82, 2.24) is 14.7 Å². The van der Waals surface area contributed by atoms with Gasteiger partial charge in [-0.2, -0.15) is 0 Å². The summed E-state index contributed by atoms with van der Waals surface area (Å²) in [7, 11) is 0. The second kappa shape index (κ2) is 4.41. The SMILES string of the molecule is CCNSCc1nc[nH]c1C. The second-order valence-corrected chi connectivity index (χ2v) is 3.13. The van der Waals surface area contributed by atoms with Crippen LogP contribution in [0.15, 0.2) is 6.33 Å². The van der Waals surface area contributed by atoms with Crippen LogP contribution >= 0.6 is 11.9 Å². The minimum atomic E-state index is 0.934. The molecule has 0 saturated heterocycles. The van der Waals surface area contributed by atoms with E-state index in [4.69, 9.17) is 0 Å². The van der Waals surface area contributed by atoms with Gasteiger partial charge >= 0.3 is 0 Å². The van der Waals surface area contributed by atoms with Gasteiger partial charge in [0.15, 0.2) is 0 Å². The zero-order valence-electron chi connectivity index (χ0n) is 6.85. The van der Waals surface area contributed by atoms with Crippen molar-refractivity contribution in [1.29, 1.82) is 0 Å². The van der Waals surface area contributed by atoms with Crippen molar-refractivity contribution >= 4 is 11.9 Å². The molecule has 0 aliphatic rings. The lowest BCUT2D eigenvalue weighted by Gasteiger charge is -1.98. The van der Waals surface area contributed by atoms with Crippen molar-refractivity contribution in [2.45, 2.75) is 19.6 Å². The summed E-state index contributed by atoms with van der Waals surface area (Å²) >= 11 is 1.69. The Hall–Kier alpha value is -0.480. The predicted molar refractivity (Wildman–Crippen MR) is 48.3 cm³/mol. The van der Waals surface area contributed by atoms with Crippen LogP contribution in [0.1, 0.15) is 18.3 Å². The van der Waals surface area contributed by atoms with Crippen LogP contribution in [0, 0.1) is 6.92 Å². The van der Waals surface area contributed by atoms with Crippen molar-refractivity contribution in [3.05, 3.63) is 17.7 Å². The lowest BCUT2D eigenvalue weighted by Crippen LogP contribution is -2.01. The zero-order valence-corrected chi connectivity index (χ0v) is 7.66. The van der Waals surface area contributed by atoms with Gasteiger partial charge in [-0.3, -0.25) is 4.72 Å². The van der Waals surface area contributed by atoms with Crippen LogP contribution in [0.3, 0.4) is 0 Å². The molecule has 0 aliphatic carbocycles. The maximum atomic E-state index is 4.17. The fraction of sp³-hybridized carbons (Fsp3) is 0.571. The van der Waals surface area contributed by atoms with Gasteiger partial charge in [0.05, 0.1) is 17.8 Å². The first-order chi connectivity index (χ1) is 5.34. The third-order valence-electron chi connectivity index (χ3n) is 1.39. The molecule has 2 N–H and O–H groups in total. The Morgan fingerprint density at radius 2 is 2.55 bits per heavy atom. The minimum Gasteiger partial charge on any atom is -0.348 e. The largest absolute Gasteiger partial charge is 0.348 e. The smallest absolute Gasteiger partial charge is 0.0925 e. The molecule has 0 saturated carbocycles. The molecule has 0 unspecified atom stereocenters. The summed E-state index contributed by atoms with van der Waals surface area (Å²) < 4.78 is 3.18. The standard InChI is InChI=1S/C7H13N3S/c1-3-10-11-4-7-6(2)8-5-9-7/h5,10H,3-4H2,1-2H3,(H,8,9). The lowest BCUT2D eigenvalue weighted by atomic mass is 10.4. The highest BCUT2D eigenvalue weighted by atomic mass is 32.2. The van der Waals surface area contributed by atoms with Gasteiger partial charge in [0, 0.05) is 12.2 Å². The fourth-order valence-electron chi connectivity index (χ4n) is 0.754. The topological polar surface area (TPSA) is 40.7 Å². The Labute approximate surface area is 71.1 Å². The molecule has 4 heteroatoms. The van der Waals surface area contributed by atoms with Gasteiger partial charge in [-0.25, -0.2) is 4.98 Å². The van der Waals surface area contributed by atoms with Gasteiger partial charge in [-0.1, -0.05) is 18.9 Å². The Morgan fingerprint density at radius 3 is 3.09 bits per heavy atom. The third kappa shape index (κ3) is 2.55. The maximum Gasteiger partial charge on any atom is 0.0925 e. The number of aryl methyl sites for hydroxylation is 1. The average Bonchev–Trinajstić information content (AvgIpc) is 2.37. The van der Waals surface area contributed by atoms with E-state index in [0.29, 0.717) is 0 Å². The summed E-state index contributed by atoms with van der Waals surface area (Å²) in [4.78, 5) is 7.21. The predicted octanol–water partition coefficient (Wildman–Crippen LogP) is 1.48. The van der Waals surface area contributed by atoms with Crippen LogP contribution in [-0.4, -0.2) is 16.5 Å². The number of aromatic nitrogens is 2. The van der Waals surface area contributed by atoms with Crippen LogP contribution in [0.4, 0.5) is 0 Å². The second-order valence-electron chi connectivity index (χ2n) is 2.26. The van der Waals surface area contributed by atoms with Gasteiger partial charge in [-0.15, -0.1) is 0 Å². The van der Waals surface area contributed by atoms with Crippen molar-refractivity contribution in [2.24, 2.45) is 0 Å². The van der Waals surface area contributed by atoms with Crippen molar-refractivity contribution < 1.29 is 0 Å². The molecule has 0 radical (unpaired) electrons. The van der Waals surface area contributed by atoms with E-state index in [0.717, 1.165) is 23.7 Å². The Bertz CT molecular complexity index is 209. The molecule has 0 amide bonds. The average molecular weight is 171 g/mol. The third-order valence-corrected chi connectivity index (χ3v) is 2.30. The lowest BCUT2D eigenvalue weighted by molar-refractivity contribution is 1.03. The number of rotatable bonds is 4. The minimum absolute atomic E-state index is 0.934. The highest BCUT2D eigenvalue weighted by Gasteiger charge is 1.98. The summed E-state index contributed by atoms with van der Waals surface area (Å²) in [6.07, 6.45) is 1.73. The quantitative estimate of drug-likeness (QED) is 0.532. The molecule has 1 aromatic rings. The Morgan fingerprint density at radius 1 is 1.73 bits per heavy atom. The molecule has 0 spiro atoms. The molecule has 1 aromatic heterocycles. The van der Waals surface area contributed by atoms with Crippen LogP contribution in [0.2, 0.25) is 0 Å².